The zero-order valence-corrected chi connectivity index (χ0v) is 9.32. The maximum absolute atomic E-state index is 9.35. The van der Waals surface area contributed by atoms with Crippen LogP contribution in [0.1, 0.15) is 24.8 Å². The van der Waals surface area contributed by atoms with Gasteiger partial charge in [0.2, 0.25) is 0 Å². The van der Waals surface area contributed by atoms with Crippen molar-refractivity contribution in [2.45, 2.75) is 31.7 Å². The number of phenolic OH excluding ortho intramolecular Hbond substituents is 1. The van der Waals surface area contributed by atoms with Gasteiger partial charge in [-0.05, 0) is 57.0 Å². The van der Waals surface area contributed by atoms with Crippen LogP contribution in [0.15, 0.2) is 24.3 Å². The first kappa shape index (κ1) is 10.5. The summed E-state index contributed by atoms with van der Waals surface area (Å²) in [6.45, 7) is 1.24. The van der Waals surface area contributed by atoms with Crippen LogP contribution in [-0.2, 0) is 6.42 Å². The van der Waals surface area contributed by atoms with Crippen LogP contribution in [0.3, 0.4) is 0 Å². The molecule has 0 saturated carbocycles. The lowest BCUT2D eigenvalue weighted by Crippen LogP contribution is -2.25. The highest BCUT2D eigenvalue weighted by molar-refractivity contribution is 5.27. The van der Waals surface area contributed by atoms with Crippen molar-refractivity contribution in [3.8, 4) is 5.75 Å². The molecule has 1 aliphatic rings. The largest absolute Gasteiger partial charge is 0.508 e. The van der Waals surface area contributed by atoms with E-state index in [1.807, 2.05) is 12.1 Å². The summed E-state index contributed by atoms with van der Waals surface area (Å²) in [7, 11) is 2.21. The van der Waals surface area contributed by atoms with Crippen LogP contribution in [0.4, 0.5) is 0 Å². The van der Waals surface area contributed by atoms with Gasteiger partial charge in [-0.2, -0.15) is 0 Å². The van der Waals surface area contributed by atoms with Crippen molar-refractivity contribution in [2.24, 2.45) is 0 Å². The normalized spacial score (nSPS) is 22.1. The van der Waals surface area contributed by atoms with E-state index in [4.69, 9.17) is 0 Å². The molecular formula is C13H19NO. The molecule has 15 heavy (non-hydrogen) atoms. The molecule has 2 rings (SSSR count). The standard InChI is InChI=1S/C13H19NO/c1-14-9-3-5-12(14)8-7-11-4-2-6-13(15)10-11/h2,4,6,10,12,15H,3,5,7-9H2,1H3. The fourth-order valence-corrected chi connectivity index (χ4v) is 2.39. The summed E-state index contributed by atoms with van der Waals surface area (Å²) in [5.41, 5.74) is 1.25. The third-order valence-corrected chi connectivity index (χ3v) is 3.35. The van der Waals surface area contributed by atoms with Crippen LogP contribution in [-0.4, -0.2) is 29.6 Å². The monoisotopic (exact) mass is 205 g/mol. The third-order valence-electron chi connectivity index (χ3n) is 3.35. The van der Waals surface area contributed by atoms with Gasteiger partial charge in [-0.15, -0.1) is 0 Å². The Morgan fingerprint density at radius 1 is 1.47 bits per heavy atom. The van der Waals surface area contributed by atoms with Gasteiger partial charge in [0.05, 0.1) is 0 Å². The molecule has 2 nitrogen and oxygen atoms in total. The minimum absolute atomic E-state index is 0.382. The SMILES string of the molecule is CN1CCCC1CCc1cccc(O)c1. The third kappa shape index (κ3) is 2.72. The number of aromatic hydroxyl groups is 1. The summed E-state index contributed by atoms with van der Waals surface area (Å²) >= 11 is 0. The molecule has 1 N–H and O–H groups in total. The molecule has 82 valence electrons. The number of aryl methyl sites for hydroxylation is 1. The molecule has 1 aromatic rings. The fourth-order valence-electron chi connectivity index (χ4n) is 2.39. The predicted octanol–water partition coefficient (Wildman–Crippen LogP) is 2.42. The molecule has 1 unspecified atom stereocenters. The molecular weight excluding hydrogens is 186 g/mol. The quantitative estimate of drug-likeness (QED) is 0.819. The molecule has 1 fully saturated rings. The lowest BCUT2D eigenvalue weighted by atomic mass is 10.0. The Bertz CT molecular complexity index is 324. The number of rotatable bonds is 3. The summed E-state index contributed by atoms with van der Waals surface area (Å²) in [6.07, 6.45) is 4.94. The van der Waals surface area contributed by atoms with E-state index in [1.54, 1.807) is 6.07 Å². The second kappa shape index (κ2) is 4.67. The lowest BCUT2D eigenvalue weighted by Gasteiger charge is -2.19. The Morgan fingerprint density at radius 2 is 2.33 bits per heavy atom. The molecule has 1 saturated heterocycles. The maximum atomic E-state index is 9.35. The smallest absolute Gasteiger partial charge is 0.115 e. The van der Waals surface area contributed by atoms with Crippen LogP contribution >= 0.6 is 0 Å². The van der Waals surface area contributed by atoms with Crippen molar-refractivity contribution in [2.75, 3.05) is 13.6 Å². The van der Waals surface area contributed by atoms with Crippen LogP contribution in [0.25, 0.3) is 0 Å². The number of phenols is 1. The molecule has 1 heterocycles. The van der Waals surface area contributed by atoms with Gasteiger partial charge in [0.1, 0.15) is 5.75 Å². The zero-order valence-electron chi connectivity index (χ0n) is 9.32. The van der Waals surface area contributed by atoms with Crippen molar-refractivity contribution >= 4 is 0 Å². The highest BCUT2D eigenvalue weighted by atomic mass is 16.3. The van der Waals surface area contributed by atoms with Gasteiger partial charge >= 0.3 is 0 Å². The van der Waals surface area contributed by atoms with E-state index in [0.717, 1.165) is 12.5 Å². The minimum atomic E-state index is 0.382. The average Bonchev–Trinajstić information content (AvgIpc) is 2.61. The molecule has 1 aromatic carbocycles. The van der Waals surface area contributed by atoms with Gasteiger partial charge < -0.3 is 10.0 Å². The minimum Gasteiger partial charge on any atom is -0.508 e. The second-order valence-electron chi connectivity index (χ2n) is 4.49. The van der Waals surface area contributed by atoms with Crippen LogP contribution in [0.2, 0.25) is 0 Å². The van der Waals surface area contributed by atoms with Gasteiger partial charge in [0, 0.05) is 6.04 Å². The van der Waals surface area contributed by atoms with Crippen molar-refractivity contribution in [1.82, 2.24) is 4.90 Å². The van der Waals surface area contributed by atoms with Gasteiger partial charge in [-0.1, -0.05) is 12.1 Å². The van der Waals surface area contributed by atoms with E-state index in [2.05, 4.69) is 18.0 Å². The highest BCUT2D eigenvalue weighted by Gasteiger charge is 2.19. The molecule has 1 atom stereocenters. The van der Waals surface area contributed by atoms with Gasteiger partial charge in [0.15, 0.2) is 0 Å². The summed E-state index contributed by atoms with van der Waals surface area (Å²) in [4.78, 5) is 2.45. The van der Waals surface area contributed by atoms with Gasteiger partial charge in [-0.3, -0.25) is 0 Å². The van der Waals surface area contributed by atoms with Crippen molar-refractivity contribution < 1.29 is 5.11 Å². The van der Waals surface area contributed by atoms with Crippen LogP contribution < -0.4 is 0 Å². The first-order valence-corrected chi connectivity index (χ1v) is 5.74. The maximum Gasteiger partial charge on any atom is 0.115 e. The zero-order chi connectivity index (χ0) is 10.7. The Hall–Kier alpha value is -1.02. The molecule has 0 aliphatic carbocycles. The Balaban J connectivity index is 1.87. The topological polar surface area (TPSA) is 23.5 Å². The van der Waals surface area contributed by atoms with Crippen molar-refractivity contribution in [3.05, 3.63) is 29.8 Å². The second-order valence-corrected chi connectivity index (χ2v) is 4.49. The summed E-state index contributed by atoms with van der Waals surface area (Å²) in [6, 6.07) is 8.35. The Kier molecular flexibility index (Phi) is 3.27. The van der Waals surface area contributed by atoms with Crippen molar-refractivity contribution in [1.29, 1.82) is 0 Å². The van der Waals surface area contributed by atoms with E-state index >= 15 is 0 Å². The fraction of sp³-hybridized carbons (Fsp3) is 0.538. The Labute approximate surface area is 91.5 Å². The van der Waals surface area contributed by atoms with Crippen molar-refractivity contribution in [3.63, 3.8) is 0 Å². The highest BCUT2D eigenvalue weighted by Crippen LogP contribution is 2.20. The van der Waals surface area contributed by atoms with E-state index < -0.39 is 0 Å². The lowest BCUT2D eigenvalue weighted by molar-refractivity contribution is 0.296. The van der Waals surface area contributed by atoms with E-state index in [9.17, 15) is 5.11 Å². The average molecular weight is 205 g/mol. The van der Waals surface area contributed by atoms with Crippen LogP contribution in [0.5, 0.6) is 5.75 Å². The van der Waals surface area contributed by atoms with Gasteiger partial charge in [-0.25, -0.2) is 0 Å². The number of benzene rings is 1. The van der Waals surface area contributed by atoms with Gasteiger partial charge in [0.25, 0.3) is 0 Å². The summed E-state index contributed by atoms with van der Waals surface area (Å²) in [5.74, 6) is 0.382. The molecule has 2 heteroatoms. The first-order valence-electron chi connectivity index (χ1n) is 5.74. The molecule has 0 bridgehead atoms. The molecule has 1 aliphatic heterocycles. The van der Waals surface area contributed by atoms with E-state index in [0.29, 0.717) is 5.75 Å². The van der Waals surface area contributed by atoms with Crippen LogP contribution in [0, 0.1) is 0 Å². The Morgan fingerprint density at radius 3 is 3.00 bits per heavy atom. The summed E-state index contributed by atoms with van der Waals surface area (Å²) in [5, 5.41) is 9.35. The van der Waals surface area contributed by atoms with E-state index in [1.165, 1.54) is 31.4 Å². The number of hydrogen-bond acceptors (Lipinski definition) is 2. The molecule has 0 amide bonds. The van der Waals surface area contributed by atoms with E-state index in [-0.39, 0.29) is 0 Å². The number of nitrogens with zero attached hydrogens (tertiary/aromatic N) is 1. The number of likely N-dealkylation sites (tertiary alicyclic amines) is 1. The number of hydrogen-bond donors (Lipinski definition) is 1. The summed E-state index contributed by atoms with van der Waals surface area (Å²) < 4.78 is 0. The molecule has 0 radical (unpaired) electrons. The molecule has 0 spiro atoms. The molecule has 0 aromatic heterocycles. The predicted molar refractivity (Wildman–Crippen MR) is 62.1 cm³/mol. The first-order chi connectivity index (χ1) is 7.25.